The number of rotatable bonds is 4. The van der Waals surface area contributed by atoms with Gasteiger partial charge in [0.05, 0.1) is 18.6 Å². The van der Waals surface area contributed by atoms with Crippen molar-refractivity contribution in [2.45, 2.75) is 23.8 Å². The van der Waals surface area contributed by atoms with Crippen molar-refractivity contribution in [3.05, 3.63) is 18.2 Å². The van der Waals surface area contributed by atoms with Gasteiger partial charge in [0.2, 0.25) is 10.0 Å². The smallest absolute Gasteiger partial charge is 0.244 e. The summed E-state index contributed by atoms with van der Waals surface area (Å²) in [6, 6.07) is 3.89. The minimum absolute atomic E-state index is 0.000933. The standard InChI is InChI=1S/C12H18N2O5S2/c1-19-11-8-9(13)2-3-12(11)21(17,18)14-10-4-6-20(15,16)7-5-10/h2-3,8,10,14H,4-7,13H2,1H3. The van der Waals surface area contributed by atoms with Crippen LogP contribution in [0.2, 0.25) is 0 Å². The lowest BCUT2D eigenvalue weighted by molar-refractivity contribution is 0.402. The second kappa shape index (κ2) is 5.82. The third-order valence-corrected chi connectivity index (χ3v) is 6.63. The van der Waals surface area contributed by atoms with E-state index >= 15 is 0 Å². The van der Waals surface area contributed by atoms with Crippen molar-refractivity contribution in [3.8, 4) is 5.75 Å². The Morgan fingerprint density at radius 1 is 1.29 bits per heavy atom. The van der Waals surface area contributed by atoms with Crippen LogP contribution >= 0.6 is 0 Å². The predicted octanol–water partition coefficient (Wildman–Crippen LogP) is 0.133. The van der Waals surface area contributed by atoms with Crippen LogP contribution in [0.4, 0.5) is 5.69 Å². The molecule has 1 aliphatic heterocycles. The average Bonchev–Trinajstić information content (AvgIpc) is 2.40. The van der Waals surface area contributed by atoms with Crippen LogP contribution < -0.4 is 15.2 Å². The molecule has 0 bridgehead atoms. The van der Waals surface area contributed by atoms with Crippen LogP contribution in [-0.2, 0) is 19.9 Å². The second-order valence-electron chi connectivity index (χ2n) is 4.96. The fourth-order valence-corrected chi connectivity index (χ4v) is 5.14. The summed E-state index contributed by atoms with van der Waals surface area (Å²) in [6.07, 6.45) is 0.553. The van der Waals surface area contributed by atoms with E-state index in [4.69, 9.17) is 10.5 Å². The highest BCUT2D eigenvalue weighted by atomic mass is 32.2. The Labute approximate surface area is 124 Å². The van der Waals surface area contributed by atoms with Gasteiger partial charge in [0.15, 0.2) is 0 Å². The van der Waals surface area contributed by atoms with Crippen LogP contribution in [0.3, 0.4) is 0 Å². The van der Waals surface area contributed by atoms with Crippen molar-refractivity contribution in [2.24, 2.45) is 0 Å². The molecule has 0 saturated carbocycles. The molecule has 0 aromatic heterocycles. The van der Waals surface area contributed by atoms with E-state index in [0.717, 1.165) is 0 Å². The first-order chi connectivity index (χ1) is 9.73. The maximum Gasteiger partial charge on any atom is 0.244 e. The number of hydrogen-bond acceptors (Lipinski definition) is 6. The molecule has 0 aliphatic carbocycles. The summed E-state index contributed by atoms with van der Waals surface area (Å²) in [5, 5.41) is 0. The third kappa shape index (κ3) is 3.86. The van der Waals surface area contributed by atoms with E-state index in [1.165, 1.54) is 25.3 Å². The van der Waals surface area contributed by atoms with Gasteiger partial charge in [-0.25, -0.2) is 21.6 Å². The van der Waals surface area contributed by atoms with Gasteiger partial charge in [0.1, 0.15) is 20.5 Å². The molecule has 1 saturated heterocycles. The molecular formula is C12H18N2O5S2. The van der Waals surface area contributed by atoms with Crippen molar-refractivity contribution >= 4 is 25.5 Å². The highest BCUT2D eigenvalue weighted by Gasteiger charge is 2.29. The Bertz CT molecular complexity index is 714. The van der Waals surface area contributed by atoms with Crippen molar-refractivity contribution in [1.82, 2.24) is 4.72 Å². The van der Waals surface area contributed by atoms with Gasteiger partial charge in [0, 0.05) is 17.8 Å². The average molecular weight is 334 g/mol. The molecule has 21 heavy (non-hydrogen) atoms. The number of methoxy groups -OCH3 is 1. The monoisotopic (exact) mass is 334 g/mol. The number of nitrogens with two attached hydrogens (primary N) is 1. The van der Waals surface area contributed by atoms with E-state index < -0.39 is 19.9 Å². The summed E-state index contributed by atoms with van der Waals surface area (Å²) in [5.41, 5.74) is 6.00. The summed E-state index contributed by atoms with van der Waals surface area (Å²) in [4.78, 5) is -0.00682. The first kappa shape index (κ1) is 16.1. The molecule has 0 atom stereocenters. The van der Waals surface area contributed by atoms with Gasteiger partial charge in [-0.05, 0) is 25.0 Å². The summed E-state index contributed by atoms with van der Waals surface area (Å²) < 4.78 is 55.0. The molecule has 1 fully saturated rings. The van der Waals surface area contributed by atoms with Gasteiger partial charge < -0.3 is 10.5 Å². The Kier molecular flexibility index (Phi) is 4.45. The van der Waals surface area contributed by atoms with Gasteiger partial charge in [-0.1, -0.05) is 0 Å². The Balaban J connectivity index is 2.20. The van der Waals surface area contributed by atoms with Gasteiger partial charge >= 0.3 is 0 Å². The Morgan fingerprint density at radius 3 is 2.48 bits per heavy atom. The first-order valence-electron chi connectivity index (χ1n) is 6.40. The van der Waals surface area contributed by atoms with Crippen LogP contribution in [0.25, 0.3) is 0 Å². The molecule has 2 rings (SSSR count). The zero-order valence-electron chi connectivity index (χ0n) is 11.6. The Hall–Kier alpha value is -1.32. The minimum atomic E-state index is -3.78. The number of hydrogen-bond donors (Lipinski definition) is 2. The first-order valence-corrected chi connectivity index (χ1v) is 9.70. The maximum absolute atomic E-state index is 12.4. The highest BCUT2D eigenvalue weighted by Crippen LogP contribution is 2.26. The lowest BCUT2D eigenvalue weighted by Gasteiger charge is -2.23. The van der Waals surface area contributed by atoms with E-state index in [2.05, 4.69) is 4.72 Å². The predicted molar refractivity (Wildman–Crippen MR) is 79.4 cm³/mol. The van der Waals surface area contributed by atoms with Crippen molar-refractivity contribution in [1.29, 1.82) is 0 Å². The molecule has 0 amide bonds. The van der Waals surface area contributed by atoms with Crippen LogP contribution in [0.1, 0.15) is 12.8 Å². The second-order valence-corrected chi connectivity index (χ2v) is 8.94. The zero-order chi connectivity index (χ0) is 15.7. The fraction of sp³-hybridized carbons (Fsp3) is 0.500. The normalized spacial score (nSPS) is 19.3. The molecule has 1 aromatic carbocycles. The van der Waals surface area contributed by atoms with Crippen molar-refractivity contribution in [2.75, 3.05) is 24.3 Å². The van der Waals surface area contributed by atoms with E-state index in [1.54, 1.807) is 0 Å². The number of nitrogens with one attached hydrogen (secondary N) is 1. The number of nitrogen functional groups attached to an aromatic ring is 1. The van der Waals surface area contributed by atoms with E-state index in [-0.39, 0.29) is 41.0 Å². The van der Waals surface area contributed by atoms with E-state index in [1.807, 2.05) is 0 Å². The molecule has 0 unspecified atom stereocenters. The van der Waals surface area contributed by atoms with E-state index in [9.17, 15) is 16.8 Å². The summed E-state index contributed by atoms with van der Waals surface area (Å²) in [7, 11) is -5.45. The molecule has 1 aliphatic rings. The van der Waals surface area contributed by atoms with Gasteiger partial charge in [-0.15, -0.1) is 0 Å². The molecule has 0 radical (unpaired) electrons. The number of sulfonamides is 1. The van der Waals surface area contributed by atoms with Crippen LogP contribution in [0.5, 0.6) is 5.75 Å². The fourth-order valence-electron chi connectivity index (χ4n) is 2.20. The van der Waals surface area contributed by atoms with Gasteiger partial charge in [0.25, 0.3) is 0 Å². The topological polar surface area (TPSA) is 116 Å². The summed E-state index contributed by atoms with van der Waals surface area (Å²) in [6.45, 7) is 0. The van der Waals surface area contributed by atoms with Crippen LogP contribution in [0, 0.1) is 0 Å². The largest absolute Gasteiger partial charge is 0.495 e. The van der Waals surface area contributed by atoms with Crippen molar-refractivity contribution < 1.29 is 21.6 Å². The molecule has 3 N–H and O–H groups in total. The summed E-state index contributed by atoms with van der Waals surface area (Å²) >= 11 is 0. The van der Waals surface area contributed by atoms with Crippen molar-refractivity contribution in [3.63, 3.8) is 0 Å². The van der Waals surface area contributed by atoms with Gasteiger partial charge in [-0.2, -0.15) is 0 Å². The number of benzene rings is 1. The molecule has 9 heteroatoms. The highest BCUT2D eigenvalue weighted by molar-refractivity contribution is 7.91. The number of anilines is 1. The lowest BCUT2D eigenvalue weighted by Crippen LogP contribution is -2.40. The number of ether oxygens (including phenoxy) is 1. The van der Waals surface area contributed by atoms with Gasteiger partial charge in [-0.3, -0.25) is 0 Å². The summed E-state index contributed by atoms with van der Waals surface area (Å²) in [5.74, 6) is 0.156. The van der Waals surface area contributed by atoms with Crippen LogP contribution in [-0.4, -0.2) is 41.5 Å². The maximum atomic E-state index is 12.4. The third-order valence-electron chi connectivity index (χ3n) is 3.35. The van der Waals surface area contributed by atoms with Crippen LogP contribution in [0.15, 0.2) is 23.1 Å². The Morgan fingerprint density at radius 2 is 1.90 bits per heavy atom. The minimum Gasteiger partial charge on any atom is -0.495 e. The quantitative estimate of drug-likeness (QED) is 0.756. The molecule has 1 heterocycles. The molecule has 118 valence electrons. The SMILES string of the molecule is COc1cc(N)ccc1S(=O)(=O)NC1CCS(=O)(=O)CC1. The molecule has 0 spiro atoms. The molecular weight excluding hydrogens is 316 g/mol. The molecule has 1 aromatic rings. The zero-order valence-corrected chi connectivity index (χ0v) is 13.2. The molecule has 7 nitrogen and oxygen atoms in total. The number of sulfone groups is 1. The van der Waals surface area contributed by atoms with E-state index in [0.29, 0.717) is 5.69 Å². The lowest BCUT2D eigenvalue weighted by atomic mass is 10.2.